The van der Waals surface area contributed by atoms with Crippen molar-refractivity contribution in [3.63, 3.8) is 0 Å². The Balaban J connectivity index is 0.00000225. The second-order valence-corrected chi connectivity index (χ2v) is 8.12. The van der Waals surface area contributed by atoms with Crippen LogP contribution in [0.4, 0.5) is 5.69 Å². The van der Waals surface area contributed by atoms with E-state index in [4.69, 9.17) is 0 Å². The first kappa shape index (κ1) is 20.7. The van der Waals surface area contributed by atoms with Crippen molar-refractivity contribution in [2.75, 3.05) is 50.4 Å². The van der Waals surface area contributed by atoms with Gasteiger partial charge < -0.3 is 15.1 Å². The molecule has 2 aliphatic heterocycles. The van der Waals surface area contributed by atoms with Crippen molar-refractivity contribution in [1.29, 1.82) is 0 Å². The third kappa shape index (κ3) is 5.67. The summed E-state index contributed by atoms with van der Waals surface area (Å²) in [5.74, 6) is 3.00. The van der Waals surface area contributed by atoms with Crippen LogP contribution in [0.25, 0.3) is 0 Å². The van der Waals surface area contributed by atoms with Gasteiger partial charge in [-0.2, -0.15) is 11.8 Å². The van der Waals surface area contributed by atoms with Gasteiger partial charge in [0.2, 0.25) is 0 Å². The van der Waals surface area contributed by atoms with Crippen LogP contribution in [0.5, 0.6) is 0 Å². The first-order valence-corrected chi connectivity index (χ1v) is 10.2. The number of para-hydroxylation sites is 1. The summed E-state index contributed by atoms with van der Waals surface area (Å²) in [5, 5.41) is 4.39. The maximum absolute atomic E-state index is 4.53. The van der Waals surface area contributed by atoms with Crippen molar-refractivity contribution in [3.8, 4) is 0 Å². The standard InChI is InChI=1S/C19H30N4S.HI/c1-3-18-15-23(11-12-24-18)19(20-2)21-13-16-9-10-22(14-16)17-7-5-4-6-8-17;/h4-8,16,18H,3,9-15H2,1-2H3,(H,20,21);1H. The van der Waals surface area contributed by atoms with Gasteiger partial charge in [0, 0.05) is 56.5 Å². The molecule has 2 fully saturated rings. The number of rotatable bonds is 4. The smallest absolute Gasteiger partial charge is 0.193 e. The van der Waals surface area contributed by atoms with Crippen LogP contribution < -0.4 is 10.2 Å². The molecule has 25 heavy (non-hydrogen) atoms. The van der Waals surface area contributed by atoms with E-state index in [1.54, 1.807) is 0 Å². The van der Waals surface area contributed by atoms with Crippen LogP contribution in [0.15, 0.2) is 35.3 Å². The third-order valence-electron chi connectivity index (χ3n) is 5.06. The normalized spacial score (nSPS) is 24.2. The van der Waals surface area contributed by atoms with E-state index in [1.165, 1.54) is 24.3 Å². The summed E-state index contributed by atoms with van der Waals surface area (Å²) in [7, 11) is 1.91. The van der Waals surface area contributed by atoms with Crippen molar-refractivity contribution in [3.05, 3.63) is 30.3 Å². The van der Waals surface area contributed by atoms with Gasteiger partial charge in [-0.25, -0.2) is 0 Å². The van der Waals surface area contributed by atoms with Gasteiger partial charge in [-0.15, -0.1) is 24.0 Å². The number of thioether (sulfide) groups is 1. The van der Waals surface area contributed by atoms with Crippen LogP contribution >= 0.6 is 35.7 Å². The minimum Gasteiger partial charge on any atom is -0.371 e. The molecule has 2 heterocycles. The van der Waals surface area contributed by atoms with Gasteiger partial charge in [0.05, 0.1) is 0 Å². The molecule has 0 saturated carbocycles. The molecule has 2 saturated heterocycles. The molecule has 6 heteroatoms. The lowest BCUT2D eigenvalue weighted by molar-refractivity contribution is 0.402. The summed E-state index contributed by atoms with van der Waals surface area (Å²) in [4.78, 5) is 9.47. The summed E-state index contributed by atoms with van der Waals surface area (Å²) in [6.45, 7) is 7.85. The van der Waals surface area contributed by atoms with Crippen molar-refractivity contribution >= 4 is 47.4 Å². The van der Waals surface area contributed by atoms with E-state index in [1.807, 2.05) is 7.05 Å². The molecular weight excluding hydrogens is 443 g/mol. The predicted molar refractivity (Wildman–Crippen MR) is 122 cm³/mol. The molecule has 4 nitrogen and oxygen atoms in total. The lowest BCUT2D eigenvalue weighted by Crippen LogP contribution is -2.49. The maximum Gasteiger partial charge on any atom is 0.193 e. The van der Waals surface area contributed by atoms with E-state index in [9.17, 15) is 0 Å². The highest BCUT2D eigenvalue weighted by molar-refractivity contribution is 14.0. The van der Waals surface area contributed by atoms with E-state index in [2.05, 4.69) is 69.1 Å². The highest BCUT2D eigenvalue weighted by atomic mass is 127. The van der Waals surface area contributed by atoms with Crippen molar-refractivity contribution < 1.29 is 0 Å². The monoisotopic (exact) mass is 474 g/mol. The number of aliphatic imine (C=N–C) groups is 1. The second-order valence-electron chi connectivity index (χ2n) is 6.71. The predicted octanol–water partition coefficient (Wildman–Crippen LogP) is 3.53. The fourth-order valence-corrected chi connectivity index (χ4v) is 4.78. The highest BCUT2D eigenvalue weighted by Crippen LogP contribution is 2.24. The van der Waals surface area contributed by atoms with Crippen LogP contribution in [-0.4, -0.2) is 61.6 Å². The van der Waals surface area contributed by atoms with Crippen molar-refractivity contribution in [2.24, 2.45) is 10.9 Å². The zero-order valence-electron chi connectivity index (χ0n) is 15.4. The molecule has 0 spiro atoms. The molecule has 0 radical (unpaired) electrons. The Labute approximate surface area is 173 Å². The van der Waals surface area contributed by atoms with Crippen LogP contribution in [-0.2, 0) is 0 Å². The number of benzene rings is 1. The minimum absolute atomic E-state index is 0. The van der Waals surface area contributed by atoms with Gasteiger partial charge >= 0.3 is 0 Å². The van der Waals surface area contributed by atoms with E-state index >= 15 is 0 Å². The average molecular weight is 474 g/mol. The zero-order valence-corrected chi connectivity index (χ0v) is 18.5. The fourth-order valence-electron chi connectivity index (χ4n) is 3.60. The molecule has 2 unspecified atom stereocenters. The quantitative estimate of drug-likeness (QED) is 0.411. The molecular formula is C19H31IN4S. The number of nitrogens with one attached hydrogen (secondary N) is 1. The van der Waals surface area contributed by atoms with Crippen LogP contribution in [0.3, 0.4) is 0 Å². The summed E-state index contributed by atoms with van der Waals surface area (Å²) < 4.78 is 0. The Morgan fingerprint density at radius 3 is 2.76 bits per heavy atom. The van der Waals surface area contributed by atoms with E-state index in [0.29, 0.717) is 5.92 Å². The van der Waals surface area contributed by atoms with Crippen LogP contribution in [0.1, 0.15) is 19.8 Å². The van der Waals surface area contributed by atoms with Gasteiger partial charge in [-0.05, 0) is 30.9 Å². The first-order chi connectivity index (χ1) is 11.8. The van der Waals surface area contributed by atoms with Crippen molar-refractivity contribution in [2.45, 2.75) is 25.0 Å². The third-order valence-corrected chi connectivity index (χ3v) is 6.43. The Morgan fingerprint density at radius 1 is 1.24 bits per heavy atom. The van der Waals surface area contributed by atoms with Gasteiger partial charge in [-0.1, -0.05) is 25.1 Å². The molecule has 0 aliphatic carbocycles. The molecule has 2 aliphatic rings. The van der Waals surface area contributed by atoms with Gasteiger partial charge in [0.25, 0.3) is 0 Å². The topological polar surface area (TPSA) is 30.9 Å². The van der Waals surface area contributed by atoms with E-state index < -0.39 is 0 Å². The van der Waals surface area contributed by atoms with E-state index in [-0.39, 0.29) is 24.0 Å². The van der Waals surface area contributed by atoms with Gasteiger partial charge in [-0.3, -0.25) is 4.99 Å². The average Bonchev–Trinajstić information content (AvgIpc) is 3.12. The van der Waals surface area contributed by atoms with Gasteiger partial charge in [0.1, 0.15) is 0 Å². The molecule has 0 aromatic heterocycles. The Morgan fingerprint density at radius 2 is 2.04 bits per heavy atom. The fraction of sp³-hybridized carbons (Fsp3) is 0.632. The van der Waals surface area contributed by atoms with Gasteiger partial charge in [0.15, 0.2) is 5.96 Å². The van der Waals surface area contributed by atoms with E-state index in [0.717, 1.165) is 43.9 Å². The SMILES string of the molecule is CCC1CN(C(=NC)NCC2CCN(c3ccccc3)C2)CCS1.I. The number of hydrogen-bond donors (Lipinski definition) is 1. The lowest BCUT2D eigenvalue weighted by Gasteiger charge is -2.34. The molecule has 0 amide bonds. The number of nitrogens with zero attached hydrogens (tertiary/aromatic N) is 3. The Hall–Kier alpha value is -0.630. The summed E-state index contributed by atoms with van der Waals surface area (Å²) in [5.41, 5.74) is 1.35. The molecule has 1 N–H and O–H groups in total. The number of guanidine groups is 1. The maximum atomic E-state index is 4.53. The second kappa shape index (κ2) is 10.5. The molecule has 2 atom stereocenters. The molecule has 140 valence electrons. The number of hydrogen-bond acceptors (Lipinski definition) is 3. The Kier molecular flexibility index (Phi) is 8.69. The lowest BCUT2D eigenvalue weighted by atomic mass is 10.1. The number of anilines is 1. The summed E-state index contributed by atoms with van der Waals surface area (Å²) in [6, 6.07) is 10.8. The van der Waals surface area contributed by atoms with Crippen LogP contribution in [0.2, 0.25) is 0 Å². The van der Waals surface area contributed by atoms with Crippen LogP contribution in [0, 0.1) is 5.92 Å². The highest BCUT2D eigenvalue weighted by Gasteiger charge is 2.25. The zero-order chi connectivity index (χ0) is 16.8. The molecule has 3 rings (SSSR count). The number of halogens is 1. The summed E-state index contributed by atoms with van der Waals surface area (Å²) >= 11 is 2.11. The molecule has 1 aromatic rings. The first-order valence-electron chi connectivity index (χ1n) is 9.17. The van der Waals surface area contributed by atoms with Crippen molar-refractivity contribution in [1.82, 2.24) is 10.2 Å². The summed E-state index contributed by atoms with van der Waals surface area (Å²) in [6.07, 6.45) is 2.50. The largest absolute Gasteiger partial charge is 0.371 e. The minimum atomic E-state index is 0. The molecule has 1 aromatic carbocycles. The Bertz CT molecular complexity index is 539. The molecule has 0 bridgehead atoms.